The maximum Gasteiger partial charge on any atom is 0.338 e. The molecule has 2 N–H and O–H groups in total. The molecule has 3 aromatic carbocycles. The Balaban J connectivity index is 1.39. The van der Waals surface area contributed by atoms with Crippen molar-refractivity contribution in [1.82, 2.24) is 4.57 Å². The summed E-state index contributed by atoms with van der Waals surface area (Å²) in [6.45, 7) is 7.94. The Hall–Kier alpha value is -4.68. The van der Waals surface area contributed by atoms with Crippen LogP contribution in [-0.2, 0) is 31.1 Å². The van der Waals surface area contributed by atoms with Crippen LogP contribution in [0.25, 0.3) is 0 Å². The average Bonchev–Trinajstić information content (AvgIpc) is 3.48. The third-order valence-electron chi connectivity index (χ3n) is 8.27. The second kappa shape index (κ2) is 12.5. The monoisotopic (exact) mass is 671 g/mol. The van der Waals surface area contributed by atoms with E-state index in [-0.39, 0.29) is 29.2 Å². The molecular formula is C35H33N3O7S2. The Morgan fingerprint density at radius 3 is 2.19 bits per heavy atom. The van der Waals surface area contributed by atoms with Crippen LogP contribution in [0.4, 0.5) is 11.4 Å². The zero-order valence-electron chi connectivity index (χ0n) is 26.2. The molecule has 6 rings (SSSR count). The Bertz CT molecular complexity index is 1920. The number of nitrogens with one attached hydrogen (secondary N) is 1. The van der Waals surface area contributed by atoms with Gasteiger partial charge in [-0.15, -0.1) is 0 Å². The van der Waals surface area contributed by atoms with Gasteiger partial charge < -0.3 is 15.2 Å². The van der Waals surface area contributed by atoms with Crippen molar-refractivity contribution in [1.29, 1.82) is 0 Å². The number of hydrogen-bond donors (Lipinski definition) is 2. The summed E-state index contributed by atoms with van der Waals surface area (Å²) in [5.74, 6) is -3.15. The molecule has 1 aromatic heterocycles. The number of amides is 3. The molecule has 2 aliphatic heterocycles. The van der Waals surface area contributed by atoms with Crippen molar-refractivity contribution in [2.24, 2.45) is 5.92 Å². The van der Waals surface area contributed by atoms with Crippen LogP contribution in [0.5, 0.6) is 5.75 Å². The first-order valence-corrected chi connectivity index (χ1v) is 16.8. The first-order valence-electron chi connectivity index (χ1n) is 15.1. The van der Waals surface area contributed by atoms with Gasteiger partial charge in [0.15, 0.2) is 0 Å². The van der Waals surface area contributed by atoms with E-state index in [2.05, 4.69) is 26.1 Å². The minimum absolute atomic E-state index is 0.0541. The number of phenols is 1. The molecule has 47 heavy (non-hydrogen) atoms. The summed E-state index contributed by atoms with van der Waals surface area (Å²) in [6, 6.07) is 20.0. The molecular weight excluding hydrogens is 639 g/mol. The number of imide groups is 1. The molecule has 4 aromatic rings. The van der Waals surface area contributed by atoms with Gasteiger partial charge in [0.1, 0.15) is 17.5 Å². The highest BCUT2D eigenvalue weighted by Gasteiger charge is 2.56. The number of benzene rings is 3. The molecule has 2 aliphatic rings. The highest BCUT2D eigenvalue weighted by Crippen LogP contribution is 2.54. The van der Waals surface area contributed by atoms with Crippen LogP contribution >= 0.6 is 23.1 Å². The lowest BCUT2D eigenvalue weighted by Gasteiger charge is -2.31. The van der Waals surface area contributed by atoms with Crippen LogP contribution in [-0.4, -0.2) is 45.2 Å². The van der Waals surface area contributed by atoms with E-state index >= 15 is 0 Å². The minimum Gasteiger partial charge on any atom is -0.508 e. The second-order valence-electron chi connectivity index (χ2n) is 12.4. The van der Waals surface area contributed by atoms with E-state index < -0.39 is 40.8 Å². The molecule has 0 bridgehead atoms. The molecule has 0 radical (unpaired) electrons. The summed E-state index contributed by atoms with van der Waals surface area (Å²) in [7, 11) is 0. The quantitative estimate of drug-likeness (QED) is 0.149. The lowest BCUT2D eigenvalue weighted by molar-refractivity contribution is -0.122. The fraction of sp³-hybridized carbons (Fsp3) is 0.286. The van der Waals surface area contributed by atoms with Gasteiger partial charge in [0, 0.05) is 16.5 Å². The van der Waals surface area contributed by atoms with Crippen LogP contribution in [0.2, 0.25) is 0 Å². The molecule has 12 heteroatoms. The maximum atomic E-state index is 14.2. The molecule has 0 aliphatic carbocycles. The zero-order valence-corrected chi connectivity index (χ0v) is 27.8. The van der Waals surface area contributed by atoms with Gasteiger partial charge in [-0.25, -0.2) is 9.69 Å². The number of thiazole rings is 1. The Labute approximate surface area is 279 Å². The lowest BCUT2D eigenvalue weighted by atomic mass is 9.81. The minimum atomic E-state index is -0.854. The number of thioether (sulfide) groups is 1. The van der Waals surface area contributed by atoms with Crippen molar-refractivity contribution in [2.45, 2.75) is 55.8 Å². The Morgan fingerprint density at radius 1 is 0.915 bits per heavy atom. The van der Waals surface area contributed by atoms with Gasteiger partial charge in [0.05, 0.1) is 28.8 Å². The molecule has 1 fully saturated rings. The number of aromatic nitrogens is 1. The van der Waals surface area contributed by atoms with E-state index in [1.54, 1.807) is 31.2 Å². The molecule has 3 atom stereocenters. The zero-order chi connectivity index (χ0) is 33.6. The van der Waals surface area contributed by atoms with Crippen molar-refractivity contribution in [3.05, 3.63) is 104 Å². The summed E-state index contributed by atoms with van der Waals surface area (Å²) in [5.41, 5.74) is 2.86. The number of phenolic OH excluding ortho intramolecular Hbond substituents is 1. The van der Waals surface area contributed by atoms with E-state index in [1.165, 1.54) is 28.8 Å². The number of ether oxygens (including phenoxy) is 1. The van der Waals surface area contributed by atoms with E-state index in [0.717, 1.165) is 39.1 Å². The van der Waals surface area contributed by atoms with Gasteiger partial charge in [0.25, 0.3) is 0 Å². The molecule has 10 nitrogen and oxygen atoms in total. The average molecular weight is 672 g/mol. The van der Waals surface area contributed by atoms with E-state index in [9.17, 15) is 29.1 Å². The normalized spacial score (nSPS) is 18.9. The number of carbonyl (C=O) groups is 4. The van der Waals surface area contributed by atoms with E-state index in [0.29, 0.717) is 26.8 Å². The number of hydrogen-bond acceptors (Lipinski definition) is 9. The van der Waals surface area contributed by atoms with Crippen molar-refractivity contribution < 1.29 is 29.0 Å². The fourth-order valence-electron chi connectivity index (χ4n) is 5.91. The molecule has 0 saturated carbocycles. The number of nitrogens with zero attached hydrogens (tertiary/aromatic N) is 2. The van der Waals surface area contributed by atoms with Crippen LogP contribution in [0, 0.1) is 5.92 Å². The maximum absolute atomic E-state index is 14.2. The fourth-order valence-corrected chi connectivity index (χ4v) is 8.68. The summed E-state index contributed by atoms with van der Waals surface area (Å²) in [6.07, 6.45) is 0. The van der Waals surface area contributed by atoms with Crippen LogP contribution in [0.1, 0.15) is 60.0 Å². The molecule has 3 heterocycles. The summed E-state index contributed by atoms with van der Waals surface area (Å²) in [5, 5.41) is 11.9. The van der Waals surface area contributed by atoms with Gasteiger partial charge in [-0.3, -0.25) is 23.7 Å². The molecule has 1 saturated heterocycles. The lowest BCUT2D eigenvalue weighted by Crippen LogP contribution is -2.33. The number of rotatable bonds is 7. The summed E-state index contributed by atoms with van der Waals surface area (Å²) in [4.78, 5) is 68.4. The SMILES string of the molecule is CCOC(=O)c1ccc(N2C(=O)C3Sc4c(sc(=O)n4CC(=O)Nc4ccc(O)cc4)[C@H](c4ccc(C(C)(C)C)cc4)C3C2=O)cc1. The Kier molecular flexibility index (Phi) is 8.58. The van der Waals surface area contributed by atoms with E-state index in [1.807, 2.05) is 24.3 Å². The Morgan fingerprint density at radius 2 is 1.57 bits per heavy atom. The van der Waals surface area contributed by atoms with Gasteiger partial charge in [-0.05, 0) is 72.0 Å². The predicted molar refractivity (Wildman–Crippen MR) is 180 cm³/mol. The first-order chi connectivity index (χ1) is 22.4. The predicted octanol–water partition coefficient (Wildman–Crippen LogP) is 5.52. The highest BCUT2D eigenvalue weighted by molar-refractivity contribution is 8.00. The van der Waals surface area contributed by atoms with Crippen LogP contribution in [0.3, 0.4) is 0 Å². The summed E-state index contributed by atoms with van der Waals surface area (Å²) < 4.78 is 6.43. The van der Waals surface area contributed by atoms with Crippen molar-refractivity contribution >= 4 is 58.2 Å². The second-order valence-corrected chi connectivity index (χ2v) is 14.5. The van der Waals surface area contributed by atoms with Gasteiger partial charge in [0.2, 0.25) is 17.7 Å². The number of anilines is 2. The van der Waals surface area contributed by atoms with Crippen molar-refractivity contribution in [2.75, 3.05) is 16.8 Å². The van der Waals surface area contributed by atoms with Crippen LogP contribution < -0.4 is 15.1 Å². The largest absolute Gasteiger partial charge is 0.508 e. The number of aromatic hydroxyl groups is 1. The molecule has 0 spiro atoms. The van der Waals surface area contributed by atoms with Crippen molar-refractivity contribution in [3.63, 3.8) is 0 Å². The smallest absolute Gasteiger partial charge is 0.338 e. The topological polar surface area (TPSA) is 135 Å². The molecule has 2 unspecified atom stereocenters. The molecule has 242 valence electrons. The van der Waals surface area contributed by atoms with Crippen LogP contribution in [0.15, 0.2) is 82.6 Å². The van der Waals surface area contributed by atoms with Gasteiger partial charge in [-0.2, -0.15) is 0 Å². The number of fused-ring (bicyclic) bond motifs is 2. The third kappa shape index (κ3) is 6.10. The third-order valence-corrected chi connectivity index (χ3v) is 10.9. The summed E-state index contributed by atoms with van der Waals surface area (Å²) >= 11 is 2.11. The van der Waals surface area contributed by atoms with E-state index in [4.69, 9.17) is 4.74 Å². The molecule has 3 amide bonds. The van der Waals surface area contributed by atoms with Gasteiger partial charge in [-0.1, -0.05) is 68.1 Å². The highest BCUT2D eigenvalue weighted by atomic mass is 32.2. The van der Waals surface area contributed by atoms with Crippen molar-refractivity contribution in [3.8, 4) is 5.75 Å². The first kappa shape index (κ1) is 32.3. The number of carbonyl (C=O) groups excluding carboxylic acids is 4. The van der Waals surface area contributed by atoms with Gasteiger partial charge >= 0.3 is 10.8 Å². The number of esters is 1. The standard InChI is InChI=1S/C35H33N3O7S2/c1-5-45-33(43)20-8-14-23(15-9-20)38-30(41)27-26(19-6-10-21(11-7-19)35(2,3)4)29-32(46-28(27)31(38)42)37(34(44)47-29)18-25(40)36-22-12-16-24(39)17-13-22/h6-17,26-28,39H,5,18H2,1-4H3,(H,36,40)/t26-,27?,28?/m1/s1.